The van der Waals surface area contributed by atoms with Crippen LogP contribution in [0.2, 0.25) is 0 Å². The monoisotopic (exact) mass is 389 g/mol. The average Bonchev–Trinajstić information content (AvgIpc) is 3.26. The molecule has 2 aromatic rings. The predicted molar refractivity (Wildman–Crippen MR) is 107 cm³/mol. The Balaban J connectivity index is 0.00000210. The fourth-order valence-electron chi connectivity index (χ4n) is 3.61. The first-order chi connectivity index (χ1) is 12.7. The van der Waals surface area contributed by atoms with E-state index in [9.17, 15) is 4.79 Å². The number of nitrogens with two attached hydrogens (primary N) is 1. The SMILES string of the molecule is Cl.N[C@@H]1CN(CCC(=O)Nc2ccc3c(c2)OCO3)C[C@H]1c1ccccc1. The highest BCUT2D eigenvalue weighted by Gasteiger charge is 2.31. The minimum Gasteiger partial charge on any atom is -0.454 e. The van der Waals surface area contributed by atoms with E-state index in [2.05, 4.69) is 22.3 Å². The molecule has 2 heterocycles. The molecule has 27 heavy (non-hydrogen) atoms. The van der Waals surface area contributed by atoms with Gasteiger partial charge in [-0.25, -0.2) is 0 Å². The predicted octanol–water partition coefficient (Wildman–Crippen LogP) is 2.59. The molecule has 0 saturated carbocycles. The van der Waals surface area contributed by atoms with E-state index < -0.39 is 0 Å². The summed E-state index contributed by atoms with van der Waals surface area (Å²) in [6.07, 6.45) is 0.433. The lowest BCUT2D eigenvalue weighted by Gasteiger charge is -2.16. The highest BCUT2D eigenvalue weighted by atomic mass is 35.5. The molecule has 0 bridgehead atoms. The summed E-state index contributed by atoms with van der Waals surface area (Å²) >= 11 is 0. The Morgan fingerprint density at radius 3 is 2.70 bits per heavy atom. The van der Waals surface area contributed by atoms with Crippen molar-refractivity contribution in [3.8, 4) is 11.5 Å². The Bertz CT molecular complexity index is 787. The summed E-state index contributed by atoms with van der Waals surface area (Å²) in [5, 5.41) is 2.92. The van der Waals surface area contributed by atoms with E-state index in [1.165, 1.54) is 5.56 Å². The first-order valence-electron chi connectivity index (χ1n) is 8.91. The number of fused-ring (bicyclic) bond motifs is 1. The average molecular weight is 390 g/mol. The Morgan fingerprint density at radius 1 is 1.11 bits per heavy atom. The lowest BCUT2D eigenvalue weighted by molar-refractivity contribution is -0.116. The van der Waals surface area contributed by atoms with E-state index in [1.54, 1.807) is 6.07 Å². The van der Waals surface area contributed by atoms with Gasteiger partial charge in [0, 0.05) is 49.8 Å². The van der Waals surface area contributed by atoms with Gasteiger partial charge in [0.2, 0.25) is 12.7 Å². The van der Waals surface area contributed by atoms with Crippen molar-refractivity contribution < 1.29 is 14.3 Å². The summed E-state index contributed by atoms with van der Waals surface area (Å²) in [6, 6.07) is 15.9. The molecule has 2 aliphatic heterocycles. The number of rotatable bonds is 5. The number of halogens is 1. The third kappa shape index (κ3) is 4.53. The molecular formula is C20H24ClN3O3. The lowest BCUT2D eigenvalue weighted by atomic mass is 9.95. The van der Waals surface area contributed by atoms with E-state index in [1.807, 2.05) is 30.3 Å². The summed E-state index contributed by atoms with van der Waals surface area (Å²) in [7, 11) is 0. The van der Waals surface area contributed by atoms with Crippen LogP contribution >= 0.6 is 12.4 Å². The number of amides is 1. The quantitative estimate of drug-likeness (QED) is 0.822. The minimum atomic E-state index is -0.0133. The van der Waals surface area contributed by atoms with Crippen LogP contribution < -0.4 is 20.5 Å². The zero-order chi connectivity index (χ0) is 17.9. The molecule has 6 nitrogen and oxygen atoms in total. The molecule has 0 aliphatic carbocycles. The summed E-state index contributed by atoms with van der Waals surface area (Å²) in [5.41, 5.74) is 8.31. The normalized spacial score (nSPS) is 20.9. The molecule has 2 aliphatic rings. The number of benzene rings is 2. The molecule has 1 saturated heterocycles. The molecule has 1 amide bonds. The van der Waals surface area contributed by atoms with Crippen molar-refractivity contribution in [2.75, 3.05) is 31.7 Å². The van der Waals surface area contributed by atoms with Crippen molar-refractivity contribution in [3.63, 3.8) is 0 Å². The van der Waals surface area contributed by atoms with E-state index >= 15 is 0 Å². The molecular weight excluding hydrogens is 366 g/mol. The van der Waals surface area contributed by atoms with Crippen LogP contribution in [-0.4, -0.2) is 43.3 Å². The van der Waals surface area contributed by atoms with Gasteiger partial charge in [-0.2, -0.15) is 0 Å². The molecule has 144 valence electrons. The first kappa shape index (κ1) is 19.5. The van der Waals surface area contributed by atoms with Gasteiger partial charge in [-0.15, -0.1) is 12.4 Å². The molecule has 0 unspecified atom stereocenters. The van der Waals surface area contributed by atoms with E-state index in [-0.39, 0.29) is 31.1 Å². The molecule has 7 heteroatoms. The summed E-state index contributed by atoms with van der Waals surface area (Å²) < 4.78 is 10.6. The Morgan fingerprint density at radius 2 is 1.89 bits per heavy atom. The van der Waals surface area contributed by atoms with Crippen molar-refractivity contribution in [1.82, 2.24) is 4.90 Å². The highest BCUT2D eigenvalue weighted by molar-refractivity contribution is 5.91. The van der Waals surface area contributed by atoms with Gasteiger partial charge in [-0.05, 0) is 17.7 Å². The van der Waals surface area contributed by atoms with E-state index in [4.69, 9.17) is 15.2 Å². The molecule has 0 aromatic heterocycles. The van der Waals surface area contributed by atoms with Gasteiger partial charge >= 0.3 is 0 Å². The Hall–Kier alpha value is -2.28. The van der Waals surface area contributed by atoms with Crippen LogP contribution in [0.15, 0.2) is 48.5 Å². The largest absolute Gasteiger partial charge is 0.454 e. The van der Waals surface area contributed by atoms with Crippen molar-refractivity contribution in [1.29, 1.82) is 0 Å². The summed E-state index contributed by atoms with van der Waals surface area (Å²) in [4.78, 5) is 14.5. The second kappa shape index (κ2) is 8.61. The van der Waals surface area contributed by atoms with Crippen LogP contribution in [0.1, 0.15) is 17.9 Å². The van der Waals surface area contributed by atoms with Crippen LogP contribution in [-0.2, 0) is 4.79 Å². The smallest absolute Gasteiger partial charge is 0.231 e. The number of ether oxygens (including phenoxy) is 2. The number of hydrogen-bond donors (Lipinski definition) is 2. The standard InChI is InChI=1S/C20H23N3O3.ClH/c21-17-12-23(11-16(17)14-4-2-1-3-5-14)9-8-20(24)22-15-6-7-18-19(10-15)26-13-25-18;/h1-7,10,16-17H,8-9,11-13,21H2,(H,22,24);1H/t16-,17+;/m0./s1. The molecule has 2 aromatic carbocycles. The zero-order valence-electron chi connectivity index (χ0n) is 15.0. The van der Waals surface area contributed by atoms with E-state index in [0.29, 0.717) is 30.4 Å². The van der Waals surface area contributed by atoms with Crippen LogP contribution in [0.3, 0.4) is 0 Å². The third-order valence-corrected chi connectivity index (χ3v) is 4.98. The topological polar surface area (TPSA) is 76.8 Å². The van der Waals surface area contributed by atoms with Gasteiger partial charge in [0.25, 0.3) is 0 Å². The molecule has 4 rings (SSSR count). The van der Waals surface area contributed by atoms with Crippen molar-refractivity contribution in [2.24, 2.45) is 5.73 Å². The van der Waals surface area contributed by atoms with Crippen LogP contribution in [0.4, 0.5) is 5.69 Å². The Labute approximate surface area is 165 Å². The van der Waals surface area contributed by atoms with Gasteiger partial charge in [0.15, 0.2) is 11.5 Å². The highest BCUT2D eigenvalue weighted by Crippen LogP contribution is 2.34. The van der Waals surface area contributed by atoms with Crippen molar-refractivity contribution in [3.05, 3.63) is 54.1 Å². The van der Waals surface area contributed by atoms with Crippen molar-refractivity contribution >= 4 is 24.0 Å². The Kier molecular flexibility index (Phi) is 6.21. The fraction of sp³-hybridized carbons (Fsp3) is 0.350. The van der Waals surface area contributed by atoms with Gasteiger partial charge in [-0.3, -0.25) is 4.79 Å². The minimum absolute atomic E-state index is 0. The number of anilines is 1. The lowest BCUT2D eigenvalue weighted by Crippen LogP contribution is -2.30. The molecule has 0 spiro atoms. The second-order valence-electron chi connectivity index (χ2n) is 6.81. The maximum atomic E-state index is 12.3. The molecule has 0 radical (unpaired) electrons. The van der Waals surface area contributed by atoms with Gasteiger partial charge in [0.1, 0.15) is 0 Å². The first-order valence-corrected chi connectivity index (χ1v) is 8.91. The second-order valence-corrected chi connectivity index (χ2v) is 6.81. The maximum absolute atomic E-state index is 12.3. The number of nitrogens with zero attached hydrogens (tertiary/aromatic N) is 1. The maximum Gasteiger partial charge on any atom is 0.231 e. The zero-order valence-corrected chi connectivity index (χ0v) is 15.8. The van der Waals surface area contributed by atoms with Gasteiger partial charge in [-0.1, -0.05) is 30.3 Å². The van der Waals surface area contributed by atoms with Crippen LogP contribution in [0.5, 0.6) is 11.5 Å². The number of carbonyl (C=O) groups is 1. The number of hydrogen-bond acceptors (Lipinski definition) is 5. The molecule has 2 atom stereocenters. The molecule has 3 N–H and O–H groups in total. The summed E-state index contributed by atoms with van der Waals surface area (Å²) in [6.45, 7) is 2.64. The fourth-order valence-corrected chi connectivity index (χ4v) is 3.61. The van der Waals surface area contributed by atoms with Crippen LogP contribution in [0.25, 0.3) is 0 Å². The molecule has 1 fully saturated rings. The van der Waals surface area contributed by atoms with Crippen molar-refractivity contribution in [2.45, 2.75) is 18.4 Å². The number of likely N-dealkylation sites (tertiary alicyclic amines) is 1. The third-order valence-electron chi connectivity index (χ3n) is 4.98. The summed E-state index contributed by atoms with van der Waals surface area (Å²) in [5.74, 6) is 1.69. The van der Waals surface area contributed by atoms with Gasteiger partial charge in [0.05, 0.1) is 0 Å². The number of carbonyl (C=O) groups excluding carboxylic acids is 1. The van der Waals surface area contributed by atoms with Gasteiger partial charge < -0.3 is 25.4 Å². The van der Waals surface area contributed by atoms with E-state index in [0.717, 1.165) is 18.8 Å². The number of nitrogens with one attached hydrogen (secondary N) is 1. The van der Waals surface area contributed by atoms with Crippen LogP contribution in [0, 0.1) is 0 Å².